The third-order valence-corrected chi connectivity index (χ3v) is 4.51. The highest BCUT2D eigenvalue weighted by Gasteiger charge is 2.17. The molecular formula is C14H9BrCl3F. The zero-order valence-electron chi connectivity index (χ0n) is 9.64. The second-order valence-corrected chi connectivity index (χ2v) is 6.25. The van der Waals surface area contributed by atoms with E-state index >= 15 is 0 Å². The van der Waals surface area contributed by atoms with E-state index in [0.29, 0.717) is 26.5 Å². The summed E-state index contributed by atoms with van der Waals surface area (Å²) >= 11 is 21.4. The summed E-state index contributed by atoms with van der Waals surface area (Å²) in [6.45, 7) is 0. The number of rotatable bonds is 3. The van der Waals surface area contributed by atoms with Gasteiger partial charge in [-0.15, -0.1) is 11.6 Å². The Labute approximate surface area is 134 Å². The van der Waals surface area contributed by atoms with Gasteiger partial charge in [0.25, 0.3) is 0 Å². The highest BCUT2D eigenvalue weighted by Crippen LogP contribution is 2.34. The Bertz CT molecular complexity index is 581. The summed E-state index contributed by atoms with van der Waals surface area (Å²) in [4.78, 5) is 0. The van der Waals surface area contributed by atoms with Crippen LogP contribution in [0.25, 0.3) is 0 Å². The van der Waals surface area contributed by atoms with E-state index < -0.39 is 5.38 Å². The summed E-state index contributed by atoms with van der Waals surface area (Å²) < 4.78 is 14.4. The lowest BCUT2D eigenvalue weighted by Gasteiger charge is -2.13. The molecule has 19 heavy (non-hydrogen) atoms. The molecule has 0 aliphatic carbocycles. The second kappa shape index (κ2) is 6.45. The fourth-order valence-corrected chi connectivity index (χ4v) is 3.26. The van der Waals surface area contributed by atoms with Crippen molar-refractivity contribution in [3.8, 4) is 0 Å². The van der Waals surface area contributed by atoms with Gasteiger partial charge in [0.2, 0.25) is 0 Å². The minimum atomic E-state index is -0.479. The number of halogens is 5. The van der Waals surface area contributed by atoms with Gasteiger partial charge in [-0.3, -0.25) is 0 Å². The third kappa shape index (κ3) is 3.63. The van der Waals surface area contributed by atoms with E-state index in [1.807, 2.05) is 6.07 Å². The smallest absolute Gasteiger partial charge is 0.129 e. The lowest BCUT2D eigenvalue weighted by molar-refractivity contribution is 0.604. The van der Waals surface area contributed by atoms with Crippen LogP contribution in [0.3, 0.4) is 0 Å². The lowest BCUT2D eigenvalue weighted by Crippen LogP contribution is -2.00. The summed E-state index contributed by atoms with van der Waals surface area (Å²) in [7, 11) is 0. The van der Waals surface area contributed by atoms with Crippen LogP contribution in [0.4, 0.5) is 4.39 Å². The zero-order valence-corrected chi connectivity index (χ0v) is 13.5. The molecule has 0 spiro atoms. The summed E-state index contributed by atoms with van der Waals surface area (Å²) in [5.74, 6) is -0.325. The SMILES string of the molecule is Fc1cccc(Br)c1C(Cl)Cc1ccc(Cl)c(Cl)c1. The molecule has 1 unspecified atom stereocenters. The van der Waals surface area contributed by atoms with Gasteiger partial charge in [0.05, 0.1) is 15.4 Å². The molecule has 2 rings (SSSR count). The maximum atomic E-state index is 13.8. The van der Waals surface area contributed by atoms with Gasteiger partial charge in [-0.1, -0.05) is 51.3 Å². The quantitative estimate of drug-likeness (QED) is 0.538. The first-order valence-electron chi connectivity index (χ1n) is 5.51. The first kappa shape index (κ1) is 15.1. The van der Waals surface area contributed by atoms with Gasteiger partial charge in [-0.25, -0.2) is 4.39 Å². The van der Waals surface area contributed by atoms with Gasteiger partial charge in [0, 0.05) is 10.0 Å². The van der Waals surface area contributed by atoms with Gasteiger partial charge in [-0.05, 0) is 36.2 Å². The van der Waals surface area contributed by atoms with E-state index in [0.717, 1.165) is 5.56 Å². The average Bonchev–Trinajstić information content (AvgIpc) is 2.33. The van der Waals surface area contributed by atoms with Crippen molar-refractivity contribution in [3.05, 3.63) is 67.9 Å². The van der Waals surface area contributed by atoms with Crippen molar-refractivity contribution < 1.29 is 4.39 Å². The van der Waals surface area contributed by atoms with E-state index in [4.69, 9.17) is 34.8 Å². The Kier molecular flexibility index (Phi) is 5.13. The van der Waals surface area contributed by atoms with Gasteiger partial charge >= 0.3 is 0 Å². The topological polar surface area (TPSA) is 0 Å². The Morgan fingerprint density at radius 1 is 1.11 bits per heavy atom. The molecule has 0 saturated carbocycles. The minimum absolute atomic E-state index is 0.325. The molecule has 0 aromatic heterocycles. The molecule has 0 aliphatic heterocycles. The molecule has 100 valence electrons. The Morgan fingerprint density at radius 2 is 1.84 bits per heavy atom. The fourth-order valence-electron chi connectivity index (χ4n) is 1.79. The molecule has 0 amide bonds. The number of alkyl halides is 1. The van der Waals surface area contributed by atoms with Crippen molar-refractivity contribution in [2.45, 2.75) is 11.8 Å². The summed E-state index contributed by atoms with van der Waals surface area (Å²) in [6.07, 6.45) is 0.470. The molecule has 2 aromatic carbocycles. The van der Waals surface area contributed by atoms with Crippen LogP contribution in [-0.4, -0.2) is 0 Å². The maximum absolute atomic E-state index is 13.8. The molecule has 0 heterocycles. The molecule has 0 nitrogen and oxygen atoms in total. The van der Waals surface area contributed by atoms with Crippen LogP contribution in [0.5, 0.6) is 0 Å². The third-order valence-electron chi connectivity index (χ3n) is 2.71. The standard InChI is InChI=1S/C14H9BrCl3F/c15-9-2-1-3-13(19)14(9)12(18)7-8-4-5-10(16)11(17)6-8/h1-6,12H,7H2. The van der Waals surface area contributed by atoms with Crippen molar-refractivity contribution >= 4 is 50.7 Å². The Hall–Kier alpha value is -0.280. The van der Waals surface area contributed by atoms with Gasteiger partial charge in [0.15, 0.2) is 0 Å². The molecule has 0 fully saturated rings. The van der Waals surface area contributed by atoms with Crippen LogP contribution < -0.4 is 0 Å². The van der Waals surface area contributed by atoms with Crippen LogP contribution in [0.2, 0.25) is 10.0 Å². The number of hydrogen-bond donors (Lipinski definition) is 0. The highest BCUT2D eigenvalue weighted by atomic mass is 79.9. The summed E-state index contributed by atoms with van der Waals surface area (Å²) in [5, 5.41) is 0.479. The number of benzene rings is 2. The molecule has 2 aromatic rings. The van der Waals surface area contributed by atoms with Crippen LogP contribution in [0.15, 0.2) is 40.9 Å². The molecule has 0 saturated heterocycles. The second-order valence-electron chi connectivity index (χ2n) is 4.06. The molecule has 1 atom stereocenters. The van der Waals surface area contributed by atoms with Crippen molar-refractivity contribution in [2.75, 3.05) is 0 Å². The first-order valence-corrected chi connectivity index (χ1v) is 7.49. The predicted octanol–water partition coefficient (Wildman–Crippen LogP) is 6.42. The molecule has 5 heteroatoms. The molecule has 0 bridgehead atoms. The molecule has 0 aliphatic rings. The van der Waals surface area contributed by atoms with E-state index in [1.165, 1.54) is 6.07 Å². The summed E-state index contributed by atoms with van der Waals surface area (Å²) in [5.41, 5.74) is 1.36. The largest absolute Gasteiger partial charge is 0.207 e. The average molecular weight is 382 g/mol. The Balaban J connectivity index is 2.25. The summed E-state index contributed by atoms with van der Waals surface area (Å²) in [6, 6.07) is 10.1. The molecule has 0 N–H and O–H groups in total. The van der Waals surface area contributed by atoms with Gasteiger partial charge in [0.1, 0.15) is 5.82 Å². The van der Waals surface area contributed by atoms with Crippen molar-refractivity contribution in [2.24, 2.45) is 0 Å². The van der Waals surface area contributed by atoms with Crippen molar-refractivity contribution in [1.29, 1.82) is 0 Å². The van der Waals surface area contributed by atoms with Crippen molar-refractivity contribution in [1.82, 2.24) is 0 Å². The molecular weight excluding hydrogens is 373 g/mol. The van der Waals surface area contributed by atoms with Crippen LogP contribution in [0.1, 0.15) is 16.5 Å². The number of hydrogen-bond acceptors (Lipinski definition) is 0. The highest BCUT2D eigenvalue weighted by molar-refractivity contribution is 9.10. The van der Waals surface area contributed by atoms with E-state index in [1.54, 1.807) is 24.3 Å². The van der Waals surface area contributed by atoms with Crippen LogP contribution in [-0.2, 0) is 6.42 Å². The van der Waals surface area contributed by atoms with Crippen LogP contribution in [0, 0.1) is 5.82 Å². The first-order chi connectivity index (χ1) is 8.99. The maximum Gasteiger partial charge on any atom is 0.129 e. The molecule has 0 radical (unpaired) electrons. The van der Waals surface area contributed by atoms with Gasteiger partial charge < -0.3 is 0 Å². The normalized spacial score (nSPS) is 12.5. The lowest BCUT2D eigenvalue weighted by atomic mass is 10.0. The van der Waals surface area contributed by atoms with Crippen LogP contribution >= 0.6 is 50.7 Å². The zero-order chi connectivity index (χ0) is 14.0. The minimum Gasteiger partial charge on any atom is -0.207 e. The van der Waals surface area contributed by atoms with E-state index in [-0.39, 0.29) is 5.82 Å². The van der Waals surface area contributed by atoms with Gasteiger partial charge in [-0.2, -0.15) is 0 Å². The monoisotopic (exact) mass is 380 g/mol. The van der Waals surface area contributed by atoms with E-state index in [2.05, 4.69) is 15.9 Å². The van der Waals surface area contributed by atoms with Crippen molar-refractivity contribution in [3.63, 3.8) is 0 Å². The fraction of sp³-hybridized carbons (Fsp3) is 0.143. The Morgan fingerprint density at radius 3 is 2.47 bits per heavy atom. The predicted molar refractivity (Wildman–Crippen MR) is 82.9 cm³/mol. The van der Waals surface area contributed by atoms with E-state index in [9.17, 15) is 4.39 Å².